The number of hydrogen-bond donors (Lipinski definition) is 1. The number of hydrogen-bond acceptors (Lipinski definition) is 3. The Bertz CT molecular complexity index is 923. The third-order valence-corrected chi connectivity index (χ3v) is 5.29. The third-order valence-electron chi connectivity index (χ3n) is 5.29. The zero-order valence-corrected chi connectivity index (χ0v) is 16.2. The molecule has 1 atom stereocenters. The van der Waals surface area contributed by atoms with E-state index < -0.39 is 29.5 Å². The lowest BCUT2D eigenvalue weighted by Crippen LogP contribution is -2.21. The van der Waals surface area contributed by atoms with Crippen LogP contribution in [0.15, 0.2) is 18.2 Å². The van der Waals surface area contributed by atoms with Crippen molar-refractivity contribution in [1.82, 2.24) is 0 Å². The predicted molar refractivity (Wildman–Crippen MR) is 101 cm³/mol. The molecule has 150 valence electrons. The molecule has 1 aliphatic carbocycles. The smallest absolute Gasteiger partial charge is 0.307 e. The third kappa shape index (κ3) is 3.65. The minimum atomic E-state index is -1.19. The summed E-state index contributed by atoms with van der Waals surface area (Å²) in [7, 11) is 0. The highest BCUT2D eigenvalue weighted by Crippen LogP contribution is 2.48. The second-order valence-corrected chi connectivity index (χ2v) is 7.26. The van der Waals surface area contributed by atoms with E-state index in [9.17, 15) is 9.18 Å². The van der Waals surface area contributed by atoms with E-state index in [1.165, 1.54) is 12.1 Å². The average Bonchev–Trinajstić information content (AvgIpc) is 3.43. The van der Waals surface area contributed by atoms with Gasteiger partial charge in [0.25, 0.3) is 0 Å². The summed E-state index contributed by atoms with van der Waals surface area (Å²) in [5.41, 5.74) is 7.35. The molecule has 28 heavy (non-hydrogen) atoms. The molecule has 0 heterocycles. The molecular formula is C22H24F3NO2. The normalized spacial score (nSPS) is 14.8. The van der Waals surface area contributed by atoms with Crippen LogP contribution in [0.1, 0.15) is 60.4 Å². The van der Waals surface area contributed by atoms with E-state index >= 15 is 8.78 Å². The van der Waals surface area contributed by atoms with Gasteiger partial charge in [-0.05, 0) is 67.9 Å². The molecule has 1 fully saturated rings. The van der Waals surface area contributed by atoms with Gasteiger partial charge >= 0.3 is 5.97 Å². The Morgan fingerprint density at radius 3 is 2.46 bits per heavy atom. The summed E-state index contributed by atoms with van der Waals surface area (Å²) in [6.07, 6.45) is 1.27. The first-order valence-corrected chi connectivity index (χ1v) is 9.45. The standard InChI is InChI=1S/C22H24F3NO2/c1-4-28-17(27)10-16(26)20-21(24)18(13-8-9-13)12(3)19(22(20)25)14-6-5-7-15(23)11(14)2/h5-7,13,16H,4,8-10,26H2,1-3H3. The highest BCUT2D eigenvalue weighted by molar-refractivity contribution is 5.75. The SMILES string of the molecule is CCOC(=O)CC(N)c1c(F)c(-c2cccc(F)c2C)c(C)c(C2CC2)c1F. The topological polar surface area (TPSA) is 52.3 Å². The molecule has 0 amide bonds. The number of nitrogens with two attached hydrogens (primary N) is 1. The van der Waals surface area contributed by atoms with Crippen LogP contribution in [0, 0.1) is 31.3 Å². The van der Waals surface area contributed by atoms with Crippen molar-refractivity contribution >= 4 is 5.97 Å². The van der Waals surface area contributed by atoms with Crippen LogP contribution in [0.5, 0.6) is 0 Å². The molecule has 0 bridgehead atoms. The highest BCUT2D eigenvalue weighted by Gasteiger charge is 2.35. The van der Waals surface area contributed by atoms with Gasteiger partial charge in [0.15, 0.2) is 0 Å². The van der Waals surface area contributed by atoms with Gasteiger partial charge in [0, 0.05) is 17.2 Å². The van der Waals surface area contributed by atoms with Crippen LogP contribution in [-0.2, 0) is 9.53 Å². The molecule has 3 nitrogen and oxygen atoms in total. The van der Waals surface area contributed by atoms with Gasteiger partial charge in [0.1, 0.15) is 17.5 Å². The minimum absolute atomic E-state index is 0.0123. The molecule has 6 heteroatoms. The molecule has 2 aromatic rings. The monoisotopic (exact) mass is 391 g/mol. The Kier molecular flexibility index (Phi) is 5.79. The van der Waals surface area contributed by atoms with Gasteiger partial charge in [-0.1, -0.05) is 12.1 Å². The maximum atomic E-state index is 15.5. The summed E-state index contributed by atoms with van der Waals surface area (Å²) < 4.78 is 49.8. The van der Waals surface area contributed by atoms with Gasteiger partial charge in [0.2, 0.25) is 0 Å². The minimum Gasteiger partial charge on any atom is -0.466 e. The molecule has 1 unspecified atom stereocenters. The van der Waals surface area contributed by atoms with Crippen molar-refractivity contribution < 1.29 is 22.7 Å². The first kappa shape index (κ1) is 20.4. The molecular weight excluding hydrogens is 367 g/mol. The zero-order valence-electron chi connectivity index (χ0n) is 16.2. The molecule has 1 aliphatic rings. The van der Waals surface area contributed by atoms with Gasteiger partial charge in [-0.2, -0.15) is 0 Å². The summed E-state index contributed by atoms with van der Waals surface area (Å²) >= 11 is 0. The quantitative estimate of drug-likeness (QED) is 0.687. The Hall–Kier alpha value is -2.34. The maximum absolute atomic E-state index is 15.5. The molecule has 0 aliphatic heterocycles. The number of ether oxygens (including phenoxy) is 1. The number of carbonyl (C=O) groups is 1. The van der Waals surface area contributed by atoms with Gasteiger partial charge < -0.3 is 10.5 Å². The van der Waals surface area contributed by atoms with E-state index in [0.717, 1.165) is 12.8 Å². The number of carbonyl (C=O) groups excluding carboxylic acids is 1. The van der Waals surface area contributed by atoms with Gasteiger partial charge in [0.05, 0.1) is 13.0 Å². The Balaban J connectivity index is 2.22. The second-order valence-electron chi connectivity index (χ2n) is 7.26. The molecule has 0 saturated heterocycles. The van der Waals surface area contributed by atoms with Crippen molar-refractivity contribution in [3.05, 3.63) is 57.9 Å². The average molecular weight is 391 g/mol. The largest absolute Gasteiger partial charge is 0.466 e. The van der Waals surface area contributed by atoms with Crippen molar-refractivity contribution in [2.45, 2.75) is 52.0 Å². The summed E-state index contributed by atoms with van der Waals surface area (Å²) in [6.45, 7) is 5.01. The van der Waals surface area contributed by atoms with E-state index in [-0.39, 0.29) is 35.6 Å². The molecule has 3 rings (SSSR count). The maximum Gasteiger partial charge on any atom is 0.307 e. The number of rotatable bonds is 6. The summed E-state index contributed by atoms with van der Waals surface area (Å²) in [6, 6.07) is 3.21. The number of esters is 1. The van der Waals surface area contributed by atoms with E-state index in [1.54, 1.807) is 26.8 Å². The molecule has 0 aromatic heterocycles. The van der Waals surface area contributed by atoms with Crippen molar-refractivity contribution in [2.24, 2.45) is 5.73 Å². The molecule has 2 aromatic carbocycles. The van der Waals surface area contributed by atoms with Crippen LogP contribution >= 0.6 is 0 Å². The lowest BCUT2D eigenvalue weighted by atomic mass is 9.86. The van der Waals surface area contributed by atoms with Crippen molar-refractivity contribution in [3.8, 4) is 11.1 Å². The van der Waals surface area contributed by atoms with Crippen molar-refractivity contribution in [1.29, 1.82) is 0 Å². The number of halogens is 3. The fourth-order valence-electron chi connectivity index (χ4n) is 3.72. The van der Waals surface area contributed by atoms with E-state index in [2.05, 4.69) is 0 Å². The zero-order chi connectivity index (χ0) is 20.6. The van der Waals surface area contributed by atoms with Gasteiger partial charge in [-0.3, -0.25) is 4.79 Å². The highest BCUT2D eigenvalue weighted by atomic mass is 19.1. The lowest BCUT2D eigenvalue weighted by molar-refractivity contribution is -0.143. The molecule has 2 N–H and O–H groups in total. The van der Waals surface area contributed by atoms with Crippen LogP contribution in [0.2, 0.25) is 0 Å². The fraction of sp³-hybridized carbons (Fsp3) is 0.409. The van der Waals surface area contributed by atoms with E-state index in [0.29, 0.717) is 16.7 Å². The van der Waals surface area contributed by atoms with Crippen LogP contribution in [-0.4, -0.2) is 12.6 Å². The first-order chi connectivity index (χ1) is 13.3. The van der Waals surface area contributed by atoms with Crippen LogP contribution in [0.25, 0.3) is 11.1 Å². The predicted octanol–water partition coefficient (Wildman–Crippen LogP) is 5.22. The molecule has 0 radical (unpaired) electrons. The Morgan fingerprint density at radius 1 is 1.18 bits per heavy atom. The lowest BCUT2D eigenvalue weighted by Gasteiger charge is -2.22. The molecule has 1 saturated carbocycles. The van der Waals surface area contributed by atoms with Gasteiger partial charge in [-0.15, -0.1) is 0 Å². The Labute approximate surface area is 162 Å². The summed E-state index contributed by atoms with van der Waals surface area (Å²) in [5.74, 6) is -2.64. The van der Waals surface area contributed by atoms with Crippen LogP contribution in [0.4, 0.5) is 13.2 Å². The fourth-order valence-corrected chi connectivity index (χ4v) is 3.72. The summed E-state index contributed by atoms with van der Waals surface area (Å²) in [5, 5.41) is 0. The second kappa shape index (κ2) is 7.95. The first-order valence-electron chi connectivity index (χ1n) is 9.45. The van der Waals surface area contributed by atoms with Crippen molar-refractivity contribution in [3.63, 3.8) is 0 Å². The van der Waals surface area contributed by atoms with E-state index in [4.69, 9.17) is 10.5 Å². The van der Waals surface area contributed by atoms with Crippen LogP contribution < -0.4 is 5.73 Å². The molecule has 0 spiro atoms. The number of benzene rings is 2. The van der Waals surface area contributed by atoms with Crippen LogP contribution in [0.3, 0.4) is 0 Å². The van der Waals surface area contributed by atoms with Gasteiger partial charge in [-0.25, -0.2) is 13.2 Å². The Morgan fingerprint density at radius 2 is 1.86 bits per heavy atom. The van der Waals surface area contributed by atoms with E-state index in [1.807, 2.05) is 0 Å². The van der Waals surface area contributed by atoms with Crippen molar-refractivity contribution in [2.75, 3.05) is 6.61 Å². The summed E-state index contributed by atoms with van der Waals surface area (Å²) in [4.78, 5) is 11.8.